The Bertz CT molecular complexity index is 748. The molecule has 0 N–H and O–H groups in total. The van der Waals surface area contributed by atoms with Gasteiger partial charge in [0.05, 0.1) is 5.52 Å². The van der Waals surface area contributed by atoms with Crippen LogP contribution in [0.5, 0.6) is 0 Å². The van der Waals surface area contributed by atoms with Gasteiger partial charge in [0.15, 0.2) is 5.65 Å². The molecular formula is C18H27N3O. The Morgan fingerprint density at radius 3 is 2.68 bits per heavy atom. The molecule has 1 saturated carbocycles. The summed E-state index contributed by atoms with van der Waals surface area (Å²) in [5, 5.41) is 0. The number of hydrogen-bond acceptors (Lipinski definition) is 2. The molecule has 1 aliphatic rings. The van der Waals surface area contributed by atoms with E-state index in [0.29, 0.717) is 12.5 Å². The molecule has 1 fully saturated rings. The lowest BCUT2D eigenvalue weighted by molar-refractivity contribution is 0.342. The van der Waals surface area contributed by atoms with E-state index in [1.54, 1.807) is 4.57 Å². The minimum atomic E-state index is 0.0375. The summed E-state index contributed by atoms with van der Waals surface area (Å²) in [6.07, 6.45) is 3.78. The molecule has 0 bridgehead atoms. The smallest absolute Gasteiger partial charge is 0.290 e. The molecule has 2 atom stereocenters. The minimum Gasteiger partial charge on any atom is -0.290 e. The SMILES string of the molecule is CCC[C@@H]1CC1c1ccc2c(n1)n(C)c(=O)n2CC(C)(C)C. The number of pyridine rings is 1. The van der Waals surface area contributed by atoms with Gasteiger partial charge in [0, 0.05) is 25.2 Å². The maximum atomic E-state index is 12.5. The molecule has 120 valence electrons. The Hall–Kier alpha value is -1.58. The van der Waals surface area contributed by atoms with Gasteiger partial charge >= 0.3 is 5.69 Å². The third-order valence-corrected chi connectivity index (χ3v) is 4.60. The highest BCUT2D eigenvalue weighted by molar-refractivity contribution is 5.72. The van der Waals surface area contributed by atoms with E-state index < -0.39 is 0 Å². The molecule has 2 heterocycles. The molecule has 4 nitrogen and oxygen atoms in total. The molecule has 2 aromatic heterocycles. The monoisotopic (exact) mass is 301 g/mol. The van der Waals surface area contributed by atoms with Gasteiger partial charge in [0.1, 0.15) is 0 Å². The number of nitrogens with zero attached hydrogens (tertiary/aromatic N) is 3. The van der Waals surface area contributed by atoms with E-state index in [-0.39, 0.29) is 11.1 Å². The van der Waals surface area contributed by atoms with Crippen molar-refractivity contribution in [3.8, 4) is 0 Å². The maximum absolute atomic E-state index is 12.5. The van der Waals surface area contributed by atoms with Gasteiger partial charge in [-0.25, -0.2) is 9.78 Å². The van der Waals surface area contributed by atoms with Crippen molar-refractivity contribution in [1.29, 1.82) is 0 Å². The molecule has 0 spiro atoms. The zero-order valence-electron chi connectivity index (χ0n) is 14.4. The van der Waals surface area contributed by atoms with E-state index in [4.69, 9.17) is 4.98 Å². The first-order valence-electron chi connectivity index (χ1n) is 8.38. The fraction of sp³-hybridized carbons (Fsp3) is 0.667. The lowest BCUT2D eigenvalue weighted by atomic mass is 9.97. The second kappa shape index (κ2) is 5.25. The topological polar surface area (TPSA) is 39.8 Å². The molecule has 22 heavy (non-hydrogen) atoms. The van der Waals surface area contributed by atoms with Crippen molar-refractivity contribution in [3.05, 3.63) is 28.3 Å². The molecule has 1 unspecified atom stereocenters. The van der Waals surface area contributed by atoms with Crippen LogP contribution >= 0.6 is 0 Å². The lowest BCUT2D eigenvalue weighted by Gasteiger charge is -2.18. The fourth-order valence-corrected chi connectivity index (χ4v) is 3.42. The van der Waals surface area contributed by atoms with Crippen molar-refractivity contribution >= 4 is 11.2 Å². The second-order valence-electron chi connectivity index (χ2n) is 7.96. The van der Waals surface area contributed by atoms with Crippen LogP contribution in [0.4, 0.5) is 0 Å². The molecule has 0 radical (unpaired) electrons. The van der Waals surface area contributed by atoms with Gasteiger partial charge < -0.3 is 0 Å². The summed E-state index contributed by atoms with van der Waals surface area (Å²) in [7, 11) is 1.83. The highest BCUT2D eigenvalue weighted by Gasteiger charge is 2.38. The molecule has 0 amide bonds. The highest BCUT2D eigenvalue weighted by Crippen LogP contribution is 2.49. The van der Waals surface area contributed by atoms with E-state index in [1.165, 1.54) is 19.3 Å². The van der Waals surface area contributed by atoms with Gasteiger partial charge in [0.2, 0.25) is 0 Å². The number of fused-ring (bicyclic) bond motifs is 1. The summed E-state index contributed by atoms with van der Waals surface area (Å²) in [5.74, 6) is 1.40. The van der Waals surface area contributed by atoms with Crippen molar-refractivity contribution in [3.63, 3.8) is 0 Å². The minimum absolute atomic E-state index is 0.0375. The van der Waals surface area contributed by atoms with Crippen LogP contribution in [0.1, 0.15) is 58.6 Å². The number of hydrogen-bond donors (Lipinski definition) is 0. The van der Waals surface area contributed by atoms with Gasteiger partial charge in [-0.15, -0.1) is 0 Å². The predicted octanol–water partition coefficient (Wildman–Crippen LogP) is 3.68. The molecule has 2 aromatic rings. The molecule has 4 heteroatoms. The van der Waals surface area contributed by atoms with Gasteiger partial charge in [-0.2, -0.15) is 0 Å². The van der Waals surface area contributed by atoms with Gasteiger partial charge in [0.25, 0.3) is 0 Å². The average molecular weight is 301 g/mol. The van der Waals surface area contributed by atoms with Crippen LogP contribution in [-0.2, 0) is 13.6 Å². The Kier molecular flexibility index (Phi) is 3.66. The summed E-state index contributed by atoms with van der Waals surface area (Å²) in [6.45, 7) is 9.41. The summed E-state index contributed by atoms with van der Waals surface area (Å²) in [5.41, 5.74) is 3.05. The first kappa shape index (κ1) is 15.3. The first-order chi connectivity index (χ1) is 10.3. The molecule has 0 aromatic carbocycles. The van der Waals surface area contributed by atoms with Crippen molar-refractivity contribution in [2.24, 2.45) is 18.4 Å². The van der Waals surface area contributed by atoms with Crippen molar-refractivity contribution < 1.29 is 0 Å². The van der Waals surface area contributed by atoms with Crippen LogP contribution in [-0.4, -0.2) is 14.1 Å². The Balaban J connectivity index is 2.00. The summed E-state index contributed by atoms with van der Waals surface area (Å²) in [4.78, 5) is 17.3. The standard InChI is InChI=1S/C18H27N3O/c1-6-7-12-10-13(12)14-8-9-15-16(19-14)20(5)17(22)21(15)11-18(2,3)4/h8-9,12-13H,6-7,10-11H2,1-5H3/t12-,13?/m1/s1. The number of rotatable bonds is 4. The number of imidazole rings is 1. The van der Waals surface area contributed by atoms with Gasteiger partial charge in [-0.3, -0.25) is 9.13 Å². The van der Waals surface area contributed by atoms with Crippen LogP contribution in [0.3, 0.4) is 0 Å². The molecule has 1 aliphatic carbocycles. The summed E-state index contributed by atoms with van der Waals surface area (Å²) < 4.78 is 3.56. The average Bonchev–Trinajstić information content (AvgIpc) is 3.17. The maximum Gasteiger partial charge on any atom is 0.330 e. The third kappa shape index (κ3) is 2.71. The van der Waals surface area contributed by atoms with Crippen molar-refractivity contribution in [2.45, 2.75) is 59.4 Å². The highest BCUT2D eigenvalue weighted by atomic mass is 16.1. The quantitative estimate of drug-likeness (QED) is 0.864. The first-order valence-corrected chi connectivity index (χ1v) is 8.38. The van der Waals surface area contributed by atoms with Gasteiger partial charge in [-0.1, -0.05) is 40.5 Å². The largest absolute Gasteiger partial charge is 0.330 e. The molecule has 3 rings (SSSR count). The fourth-order valence-electron chi connectivity index (χ4n) is 3.42. The van der Waals surface area contributed by atoms with Crippen LogP contribution in [0.25, 0.3) is 11.2 Å². The van der Waals surface area contributed by atoms with Crippen LogP contribution < -0.4 is 5.69 Å². The van der Waals surface area contributed by atoms with Crippen LogP contribution in [0.15, 0.2) is 16.9 Å². The van der Waals surface area contributed by atoms with E-state index in [9.17, 15) is 4.79 Å². The molecular weight excluding hydrogens is 274 g/mol. The molecule has 0 aliphatic heterocycles. The van der Waals surface area contributed by atoms with Crippen LogP contribution in [0.2, 0.25) is 0 Å². The van der Waals surface area contributed by atoms with Crippen molar-refractivity contribution in [1.82, 2.24) is 14.1 Å². The normalized spacial score (nSPS) is 21.5. The Morgan fingerprint density at radius 2 is 2.05 bits per heavy atom. The Labute approximate surface area is 132 Å². The predicted molar refractivity (Wildman–Crippen MR) is 90.2 cm³/mol. The van der Waals surface area contributed by atoms with E-state index in [1.807, 2.05) is 11.6 Å². The zero-order chi connectivity index (χ0) is 16.1. The van der Waals surface area contributed by atoms with Gasteiger partial charge in [-0.05, 0) is 29.9 Å². The van der Waals surface area contributed by atoms with E-state index >= 15 is 0 Å². The van der Waals surface area contributed by atoms with E-state index in [0.717, 1.165) is 22.8 Å². The number of aryl methyl sites for hydroxylation is 1. The molecule has 0 saturated heterocycles. The summed E-state index contributed by atoms with van der Waals surface area (Å²) >= 11 is 0. The van der Waals surface area contributed by atoms with Crippen LogP contribution in [0, 0.1) is 11.3 Å². The second-order valence-corrected chi connectivity index (χ2v) is 7.96. The van der Waals surface area contributed by atoms with E-state index in [2.05, 4.69) is 39.8 Å². The summed E-state index contributed by atoms with van der Waals surface area (Å²) in [6, 6.07) is 4.22. The third-order valence-electron chi connectivity index (χ3n) is 4.60. The Morgan fingerprint density at radius 1 is 1.32 bits per heavy atom. The number of aromatic nitrogens is 3. The zero-order valence-corrected chi connectivity index (χ0v) is 14.4. The lowest BCUT2D eigenvalue weighted by Crippen LogP contribution is -2.27. The van der Waals surface area contributed by atoms with Crippen molar-refractivity contribution in [2.75, 3.05) is 0 Å².